The number of anilines is 1. The zero-order chi connectivity index (χ0) is 19.5. The summed E-state index contributed by atoms with van der Waals surface area (Å²) < 4.78 is 2.02. The predicted molar refractivity (Wildman–Crippen MR) is 112 cm³/mol. The van der Waals surface area contributed by atoms with Gasteiger partial charge in [-0.15, -0.1) is 10.2 Å². The fraction of sp³-hybridized carbons (Fsp3) is 0.200. The van der Waals surface area contributed by atoms with E-state index < -0.39 is 0 Å². The third-order valence-electron chi connectivity index (χ3n) is 4.62. The Morgan fingerprint density at radius 3 is 2.39 bits per heavy atom. The summed E-state index contributed by atoms with van der Waals surface area (Å²) in [7, 11) is 0. The SMILES string of the molecule is C=NN(Cc1nnc(N2Cc3ccccc3C2)n1-c1ccc(Cl)cc1)/N=C\C. The van der Waals surface area contributed by atoms with Crippen molar-refractivity contribution in [1.29, 1.82) is 0 Å². The molecule has 0 bridgehead atoms. The molecule has 1 aliphatic rings. The second-order valence-corrected chi connectivity index (χ2v) is 6.83. The van der Waals surface area contributed by atoms with Gasteiger partial charge in [0.2, 0.25) is 5.95 Å². The predicted octanol–water partition coefficient (Wildman–Crippen LogP) is 3.86. The monoisotopic (exact) mass is 393 g/mol. The molecule has 3 aromatic rings. The van der Waals surface area contributed by atoms with E-state index in [9.17, 15) is 0 Å². The van der Waals surface area contributed by atoms with Crippen molar-refractivity contribution in [2.75, 3.05) is 4.90 Å². The van der Waals surface area contributed by atoms with Crippen molar-refractivity contribution in [3.63, 3.8) is 0 Å². The second kappa shape index (κ2) is 7.82. The molecule has 0 N–H and O–H groups in total. The largest absolute Gasteiger partial charge is 0.332 e. The summed E-state index contributed by atoms with van der Waals surface area (Å²) in [6.45, 7) is 7.34. The van der Waals surface area contributed by atoms with Gasteiger partial charge in [0.15, 0.2) is 5.82 Å². The number of hydrazone groups is 2. The van der Waals surface area contributed by atoms with Crippen LogP contribution in [0.1, 0.15) is 23.9 Å². The van der Waals surface area contributed by atoms with Crippen molar-refractivity contribution in [2.24, 2.45) is 10.2 Å². The Morgan fingerprint density at radius 1 is 1.11 bits per heavy atom. The molecule has 0 aliphatic carbocycles. The first-order chi connectivity index (χ1) is 13.7. The third-order valence-corrected chi connectivity index (χ3v) is 4.87. The van der Waals surface area contributed by atoms with Gasteiger partial charge in [0.05, 0.1) is 5.69 Å². The van der Waals surface area contributed by atoms with Gasteiger partial charge in [-0.25, -0.2) is 0 Å². The van der Waals surface area contributed by atoms with Crippen molar-refractivity contribution < 1.29 is 0 Å². The van der Waals surface area contributed by atoms with E-state index in [1.54, 1.807) is 6.21 Å². The maximum absolute atomic E-state index is 6.09. The van der Waals surface area contributed by atoms with E-state index in [1.807, 2.05) is 35.8 Å². The number of hydrogen-bond acceptors (Lipinski definition) is 6. The standard InChI is InChI=1S/C20H20ClN7/c1-3-23-27(22-2)14-19-24-25-20(28(19)18-10-8-17(21)9-11-18)26-12-15-6-4-5-7-16(15)13-26/h3-11H,2,12-14H2,1H3/b23-3-. The van der Waals surface area contributed by atoms with Gasteiger partial charge >= 0.3 is 0 Å². The molecule has 142 valence electrons. The summed E-state index contributed by atoms with van der Waals surface area (Å²) in [5.41, 5.74) is 3.54. The van der Waals surface area contributed by atoms with E-state index in [1.165, 1.54) is 16.2 Å². The molecule has 1 aromatic heterocycles. The van der Waals surface area contributed by atoms with Crippen LogP contribution in [-0.2, 0) is 19.6 Å². The molecule has 0 saturated heterocycles. The maximum Gasteiger partial charge on any atom is 0.232 e. The number of benzene rings is 2. The van der Waals surface area contributed by atoms with E-state index in [-0.39, 0.29) is 0 Å². The van der Waals surface area contributed by atoms with Crippen LogP contribution in [0.15, 0.2) is 58.7 Å². The maximum atomic E-state index is 6.09. The Balaban J connectivity index is 1.74. The van der Waals surface area contributed by atoms with Gasteiger partial charge in [-0.3, -0.25) is 4.57 Å². The average Bonchev–Trinajstić information content (AvgIpc) is 3.32. The lowest BCUT2D eigenvalue weighted by Gasteiger charge is -2.19. The van der Waals surface area contributed by atoms with Crippen molar-refractivity contribution >= 4 is 30.5 Å². The number of rotatable bonds is 6. The van der Waals surface area contributed by atoms with Gasteiger partial charge in [-0.1, -0.05) is 35.9 Å². The summed E-state index contributed by atoms with van der Waals surface area (Å²) >= 11 is 6.09. The first kappa shape index (κ1) is 18.2. The van der Waals surface area contributed by atoms with Crippen LogP contribution in [-0.4, -0.2) is 32.8 Å². The van der Waals surface area contributed by atoms with E-state index in [4.69, 9.17) is 11.6 Å². The molecular weight excluding hydrogens is 374 g/mol. The van der Waals surface area contributed by atoms with Crippen molar-refractivity contribution in [3.8, 4) is 5.69 Å². The minimum atomic E-state index is 0.351. The van der Waals surface area contributed by atoms with Gasteiger partial charge in [0.25, 0.3) is 0 Å². The molecule has 0 amide bonds. The van der Waals surface area contributed by atoms with Gasteiger partial charge < -0.3 is 4.90 Å². The molecule has 0 atom stereocenters. The summed E-state index contributed by atoms with van der Waals surface area (Å²) in [6.07, 6.45) is 1.66. The van der Waals surface area contributed by atoms with Gasteiger partial charge in [-0.2, -0.15) is 15.3 Å². The molecule has 0 saturated carbocycles. The number of nitrogens with zero attached hydrogens (tertiary/aromatic N) is 7. The Bertz CT molecular complexity index is 985. The molecule has 4 rings (SSSR count). The Labute approximate surface area is 168 Å². The molecule has 0 unspecified atom stereocenters. The van der Waals surface area contributed by atoms with E-state index in [0.29, 0.717) is 17.4 Å². The van der Waals surface area contributed by atoms with Crippen LogP contribution in [0.4, 0.5) is 5.95 Å². The van der Waals surface area contributed by atoms with E-state index >= 15 is 0 Å². The van der Waals surface area contributed by atoms with Crippen LogP contribution >= 0.6 is 11.6 Å². The molecule has 2 heterocycles. The smallest absolute Gasteiger partial charge is 0.232 e. The average molecular weight is 394 g/mol. The quantitative estimate of drug-likeness (QED) is 0.471. The van der Waals surface area contributed by atoms with Crippen LogP contribution in [0, 0.1) is 0 Å². The highest BCUT2D eigenvalue weighted by atomic mass is 35.5. The zero-order valence-electron chi connectivity index (χ0n) is 15.5. The van der Waals surface area contributed by atoms with Crippen LogP contribution in [0.3, 0.4) is 0 Å². The minimum Gasteiger partial charge on any atom is -0.332 e. The van der Waals surface area contributed by atoms with Crippen LogP contribution in [0.5, 0.6) is 0 Å². The summed E-state index contributed by atoms with van der Waals surface area (Å²) in [5, 5.41) is 19.2. The Hall–Kier alpha value is -3.19. The first-order valence-corrected chi connectivity index (χ1v) is 9.32. The topological polar surface area (TPSA) is 61.9 Å². The van der Waals surface area contributed by atoms with Crippen LogP contribution < -0.4 is 4.90 Å². The van der Waals surface area contributed by atoms with E-state index in [2.05, 4.69) is 56.3 Å². The lowest BCUT2D eigenvalue weighted by atomic mass is 10.1. The fourth-order valence-electron chi connectivity index (χ4n) is 3.33. The van der Waals surface area contributed by atoms with Gasteiger partial charge in [0.1, 0.15) is 6.54 Å². The number of fused-ring (bicyclic) bond motifs is 1. The Morgan fingerprint density at radius 2 is 1.79 bits per heavy atom. The normalized spacial score (nSPS) is 13.1. The lowest BCUT2D eigenvalue weighted by molar-refractivity contribution is 0.290. The Kier molecular flexibility index (Phi) is 5.08. The molecule has 28 heavy (non-hydrogen) atoms. The highest BCUT2D eigenvalue weighted by molar-refractivity contribution is 6.30. The lowest BCUT2D eigenvalue weighted by Crippen LogP contribution is -2.21. The van der Waals surface area contributed by atoms with Crippen LogP contribution in [0.2, 0.25) is 5.02 Å². The molecule has 0 fully saturated rings. The highest BCUT2D eigenvalue weighted by Crippen LogP contribution is 2.30. The second-order valence-electron chi connectivity index (χ2n) is 6.40. The van der Waals surface area contributed by atoms with Crippen molar-refractivity contribution in [2.45, 2.75) is 26.6 Å². The minimum absolute atomic E-state index is 0.351. The molecule has 0 spiro atoms. The van der Waals surface area contributed by atoms with Crippen molar-refractivity contribution in [1.82, 2.24) is 19.9 Å². The molecule has 8 heteroatoms. The third kappa shape index (κ3) is 3.48. The molecule has 0 radical (unpaired) electrons. The summed E-state index contributed by atoms with van der Waals surface area (Å²) in [6, 6.07) is 16.1. The highest BCUT2D eigenvalue weighted by Gasteiger charge is 2.26. The number of hydrogen-bond donors (Lipinski definition) is 0. The zero-order valence-corrected chi connectivity index (χ0v) is 16.3. The van der Waals surface area contributed by atoms with Crippen LogP contribution in [0.25, 0.3) is 5.69 Å². The molecule has 7 nitrogen and oxygen atoms in total. The number of aromatic nitrogens is 3. The molecule has 1 aliphatic heterocycles. The molecular formula is C20H20ClN7. The van der Waals surface area contributed by atoms with Gasteiger partial charge in [0, 0.05) is 31.0 Å². The first-order valence-electron chi connectivity index (χ1n) is 8.94. The summed E-state index contributed by atoms with van der Waals surface area (Å²) in [4.78, 5) is 2.21. The number of halogens is 1. The molecule has 2 aromatic carbocycles. The van der Waals surface area contributed by atoms with Gasteiger partial charge in [-0.05, 0) is 42.3 Å². The fourth-order valence-corrected chi connectivity index (χ4v) is 3.46. The van der Waals surface area contributed by atoms with Crippen molar-refractivity contribution in [3.05, 3.63) is 70.5 Å². The summed E-state index contributed by atoms with van der Waals surface area (Å²) in [5.74, 6) is 1.49. The van der Waals surface area contributed by atoms with E-state index in [0.717, 1.165) is 24.7 Å².